The van der Waals surface area contributed by atoms with Crippen molar-refractivity contribution in [1.29, 1.82) is 0 Å². The first-order chi connectivity index (χ1) is 7.25. The molecule has 0 spiro atoms. The van der Waals surface area contributed by atoms with E-state index in [2.05, 4.69) is 6.92 Å². The second kappa shape index (κ2) is 6.56. The second-order valence-corrected chi connectivity index (χ2v) is 3.74. The van der Waals surface area contributed by atoms with E-state index in [1.54, 1.807) is 0 Å². The van der Waals surface area contributed by atoms with Gasteiger partial charge in [-0.05, 0) is 6.42 Å². The molecule has 0 N–H and O–H groups in total. The Kier molecular flexibility index (Phi) is 5.32. The van der Waals surface area contributed by atoms with Gasteiger partial charge in [0.2, 0.25) is 11.8 Å². The van der Waals surface area contributed by atoms with E-state index in [1.807, 2.05) is 0 Å². The summed E-state index contributed by atoms with van der Waals surface area (Å²) < 4.78 is 4.77. The Bertz CT molecular complexity index is 228. The Morgan fingerprint density at radius 3 is 2.73 bits per heavy atom. The summed E-state index contributed by atoms with van der Waals surface area (Å²) >= 11 is 0. The highest BCUT2D eigenvalue weighted by Gasteiger charge is 2.17. The molecule has 1 fully saturated rings. The van der Waals surface area contributed by atoms with Gasteiger partial charge in [0, 0.05) is 6.42 Å². The zero-order valence-corrected chi connectivity index (χ0v) is 9.20. The second-order valence-electron chi connectivity index (χ2n) is 3.74. The number of rotatable bonds is 6. The van der Waals surface area contributed by atoms with Crippen LogP contribution in [0.5, 0.6) is 0 Å². The lowest BCUT2D eigenvalue weighted by molar-refractivity contribution is -0.139. The molecule has 1 heterocycles. The third kappa shape index (κ3) is 4.00. The first kappa shape index (κ1) is 12.2. The molecule has 86 valence electrons. The van der Waals surface area contributed by atoms with Crippen LogP contribution in [0.25, 0.3) is 0 Å². The van der Waals surface area contributed by atoms with Crippen LogP contribution in [-0.4, -0.2) is 23.3 Å². The Labute approximate surface area is 90.6 Å². The summed E-state index contributed by atoms with van der Waals surface area (Å²) in [5.74, 6) is -0.400. The largest absolute Gasteiger partial charge is 0.524 e. The molecule has 0 unspecified atom stereocenters. The van der Waals surface area contributed by atoms with Gasteiger partial charge in [0.15, 0.2) is 0 Å². The van der Waals surface area contributed by atoms with Crippen molar-refractivity contribution in [3.8, 4) is 0 Å². The highest BCUT2D eigenvalue weighted by atomic mass is 16.5. The minimum absolute atomic E-state index is 0.00156. The van der Waals surface area contributed by atoms with Crippen molar-refractivity contribution in [3.05, 3.63) is 6.73 Å². The number of imide groups is 1. The summed E-state index contributed by atoms with van der Waals surface area (Å²) in [7, 11) is 0. The number of hydrogen-bond acceptors (Lipinski definition) is 3. The highest BCUT2D eigenvalue weighted by Crippen LogP contribution is 2.11. The van der Waals surface area contributed by atoms with Gasteiger partial charge < -0.3 is 9.64 Å². The maximum atomic E-state index is 11.5. The summed E-state index contributed by atoms with van der Waals surface area (Å²) in [6.45, 7) is 3.37. The van der Waals surface area contributed by atoms with Crippen LogP contribution in [0.15, 0.2) is 0 Å². The summed E-state index contributed by atoms with van der Waals surface area (Å²) in [5.41, 5.74) is 0. The Balaban J connectivity index is 2.10. The van der Waals surface area contributed by atoms with E-state index >= 15 is 0 Å². The smallest absolute Gasteiger partial charge is 0.224 e. The zero-order valence-electron chi connectivity index (χ0n) is 9.20. The molecule has 1 rings (SSSR count). The Hall–Kier alpha value is -0.900. The van der Waals surface area contributed by atoms with Gasteiger partial charge >= 0.3 is 0 Å². The van der Waals surface area contributed by atoms with Crippen LogP contribution < -0.4 is 0 Å². The number of carbonyl (C=O) groups excluding carboxylic acids is 2. The number of carbonyl (C=O) groups is 2. The van der Waals surface area contributed by atoms with E-state index < -0.39 is 0 Å². The molecule has 0 atom stereocenters. The Morgan fingerprint density at radius 2 is 2.13 bits per heavy atom. The lowest BCUT2D eigenvalue weighted by Gasteiger charge is -2.20. The van der Waals surface area contributed by atoms with Gasteiger partial charge in [-0.1, -0.05) is 32.6 Å². The molecule has 0 aromatic rings. The maximum absolute atomic E-state index is 11.5. The van der Waals surface area contributed by atoms with Gasteiger partial charge in [-0.15, -0.1) is 6.73 Å². The fourth-order valence-electron chi connectivity index (χ4n) is 1.51. The average molecular weight is 212 g/mol. The van der Waals surface area contributed by atoms with E-state index in [-0.39, 0.29) is 18.4 Å². The van der Waals surface area contributed by atoms with Crippen LogP contribution in [0.1, 0.15) is 45.4 Å². The zero-order chi connectivity index (χ0) is 11.1. The molecule has 1 saturated heterocycles. The minimum Gasteiger partial charge on any atom is -0.524 e. The van der Waals surface area contributed by atoms with Crippen molar-refractivity contribution in [2.75, 3.05) is 6.61 Å². The summed E-state index contributed by atoms with van der Waals surface area (Å²) in [6.07, 6.45) is 5.93. The summed E-state index contributed by atoms with van der Waals surface area (Å²) in [6, 6.07) is 0. The third-order valence-electron chi connectivity index (χ3n) is 2.42. The SMILES string of the molecule is CCCCCCCC(=O)N1[CH-]OCC1=O. The topological polar surface area (TPSA) is 46.6 Å². The molecule has 0 bridgehead atoms. The van der Waals surface area contributed by atoms with Crippen molar-refractivity contribution >= 4 is 11.8 Å². The molecule has 0 aliphatic carbocycles. The lowest BCUT2D eigenvalue weighted by Crippen LogP contribution is -2.30. The predicted octanol–water partition coefficient (Wildman–Crippen LogP) is 1.85. The standard InChI is InChI=1S/C11H18NO3/c1-2-3-4-5-6-7-10(13)12-9-15-8-11(12)14/h9H,2-8H2,1H3/q-1. The first-order valence-corrected chi connectivity index (χ1v) is 5.55. The fourth-order valence-corrected chi connectivity index (χ4v) is 1.51. The molecule has 4 heteroatoms. The minimum atomic E-state index is -0.256. The van der Waals surface area contributed by atoms with Crippen molar-refractivity contribution in [3.63, 3.8) is 0 Å². The van der Waals surface area contributed by atoms with Crippen LogP contribution in [0.3, 0.4) is 0 Å². The van der Waals surface area contributed by atoms with E-state index in [1.165, 1.54) is 19.6 Å². The first-order valence-electron chi connectivity index (χ1n) is 5.55. The molecular weight excluding hydrogens is 194 g/mol. The van der Waals surface area contributed by atoms with E-state index in [0.29, 0.717) is 6.42 Å². The molecule has 0 saturated carbocycles. The van der Waals surface area contributed by atoms with E-state index in [9.17, 15) is 9.59 Å². The molecule has 1 aliphatic rings. The van der Waals surface area contributed by atoms with Crippen LogP contribution in [-0.2, 0) is 14.3 Å². The Morgan fingerprint density at radius 1 is 1.40 bits per heavy atom. The van der Waals surface area contributed by atoms with Crippen LogP contribution in [0.2, 0.25) is 0 Å². The molecule has 4 nitrogen and oxygen atoms in total. The van der Waals surface area contributed by atoms with Crippen molar-refractivity contribution in [2.24, 2.45) is 0 Å². The van der Waals surface area contributed by atoms with Gasteiger partial charge in [0.05, 0.1) is 6.61 Å². The quantitative estimate of drug-likeness (QED) is 0.498. The van der Waals surface area contributed by atoms with Gasteiger partial charge in [0.1, 0.15) is 0 Å². The van der Waals surface area contributed by atoms with Gasteiger partial charge in [-0.3, -0.25) is 9.59 Å². The molecule has 15 heavy (non-hydrogen) atoms. The normalized spacial score (nSPS) is 16.1. The fraction of sp³-hybridized carbons (Fsp3) is 0.727. The monoisotopic (exact) mass is 212 g/mol. The van der Waals surface area contributed by atoms with Crippen molar-refractivity contribution in [2.45, 2.75) is 45.4 Å². The number of unbranched alkanes of at least 4 members (excludes halogenated alkanes) is 4. The van der Waals surface area contributed by atoms with E-state index in [4.69, 9.17) is 4.74 Å². The average Bonchev–Trinajstić information content (AvgIpc) is 2.64. The van der Waals surface area contributed by atoms with Gasteiger partial charge in [-0.2, -0.15) is 0 Å². The molecule has 2 amide bonds. The summed E-state index contributed by atoms with van der Waals surface area (Å²) in [4.78, 5) is 23.7. The van der Waals surface area contributed by atoms with Crippen molar-refractivity contribution in [1.82, 2.24) is 4.90 Å². The van der Waals surface area contributed by atoms with Gasteiger partial charge in [-0.25, -0.2) is 0 Å². The third-order valence-corrected chi connectivity index (χ3v) is 2.42. The molecule has 0 radical (unpaired) electrons. The van der Waals surface area contributed by atoms with Crippen LogP contribution in [0, 0.1) is 6.73 Å². The molecule has 0 aromatic heterocycles. The molecular formula is C11H18NO3-. The highest BCUT2D eigenvalue weighted by molar-refractivity contribution is 5.97. The van der Waals surface area contributed by atoms with Crippen LogP contribution in [0.4, 0.5) is 0 Å². The van der Waals surface area contributed by atoms with E-state index in [0.717, 1.165) is 24.2 Å². The predicted molar refractivity (Wildman–Crippen MR) is 55.5 cm³/mol. The number of hydrogen-bond donors (Lipinski definition) is 0. The lowest BCUT2D eigenvalue weighted by atomic mass is 10.1. The van der Waals surface area contributed by atoms with Crippen molar-refractivity contribution < 1.29 is 14.3 Å². The number of amides is 2. The van der Waals surface area contributed by atoms with Crippen LogP contribution >= 0.6 is 0 Å². The molecule has 0 aromatic carbocycles. The number of ether oxygens (including phenoxy) is 1. The molecule has 1 aliphatic heterocycles. The maximum Gasteiger partial charge on any atom is 0.224 e. The number of nitrogens with zero attached hydrogens (tertiary/aromatic N) is 1. The van der Waals surface area contributed by atoms with Gasteiger partial charge in [0.25, 0.3) is 0 Å². The summed E-state index contributed by atoms with van der Waals surface area (Å²) in [5, 5.41) is 0.